The third-order valence-corrected chi connectivity index (χ3v) is 4.18. The lowest BCUT2D eigenvalue weighted by Gasteiger charge is -2.21. The minimum atomic E-state index is -0.238. The van der Waals surface area contributed by atoms with Gasteiger partial charge in [-0.2, -0.15) is 9.90 Å². The summed E-state index contributed by atoms with van der Waals surface area (Å²) in [4.78, 5) is 16.3. The summed E-state index contributed by atoms with van der Waals surface area (Å²) in [6.45, 7) is 2.32. The second-order valence-electron chi connectivity index (χ2n) is 6.16. The van der Waals surface area contributed by atoms with Gasteiger partial charge in [0.2, 0.25) is 0 Å². The number of para-hydroxylation sites is 1. The third kappa shape index (κ3) is 3.64. The standard InChI is InChI=1S/C21H18N4O2/c1-16-9-11-17(12-10-16)24(15-19-8-5-13-27-19)21(26)20-14-22-25(23-20)18-6-3-2-4-7-18/h2-14H,15H2,1H3. The maximum absolute atomic E-state index is 13.2. The Balaban J connectivity index is 1.66. The van der Waals surface area contributed by atoms with Gasteiger partial charge in [0.05, 0.1) is 24.7 Å². The van der Waals surface area contributed by atoms with Gasteiger partial charge in [-0.1, -0.05) is 35.9 Å². The molecule has 134 valence electrons. The number of hydrogen-bond donors (Lipinski definition) is 0. The van der Waals surface area contributed by atoms with Crippen molar-refractivity contribution in [3.8, 4) is 5.69 Å². The number of anilines is 1. The van der Waals surface area contributed by atoms with E-state index in [2.05, 4.69) is 10.2 Å². The number of aryl methyl sites for hydroxylation is 1. The van der Waals surface area contributed by atoms with E-state index in [4.69, 9.17) is 4.42 Å². The number of amides is 1. The topological polar surface area (TPSA) is 64.2 Å². The number of benzene rings is 2. The second kappa shape index (κ2) is 7.29. The predicted octanol–water partition coefficient (Wildman–Crippen LogP) is 4.02. The number of aromatic nitrogens is 3. The Hall–Kier alpha value is -3.67. The SMILES string of the molecule is Cc1ccc(N(Cc2ccco2)C(=O)c2cnn(-c3ccccc3)n2)cc1. The van der Waals surface area contributed by atoms with Crippen molar-refractivity contribution in [1.29, 1.82) is 0 Å². The van der Waals surface area contributed by atoms with E-state index in [1.165, 1.54) is 11.0 Å². The highest BCUT2D eigenvalue weighted by atomic mass is 16.3. The third-order valence-electron chi connectivity index (χ3n) is 4.18. The van der Waals surface area contributed by atoms with Gasteiger partial charge < -0.3 is 4.42 Å². The lowest BCUT2D eigenvalue weighted by atomic mass is 10.2. The smallest absolute Gasteiger partial charge is 0.280 e. The zero-order valence-corrected chi connectivity index (χ0v) is 14.8. The molecule has 0 fully saturated rings. The van der Waals surface area contributed by atoms with Crippen LogP contribution >= 0.6 is 0 Å². The largest absolute Gasteiger partial charge is 0.467 e. The summed E-state index contributed by atoms with van der Waals surface area (Å²) in [5, 5.41) is 8.59. The number of hydrogen-bond acceptors (Lipinski definition) is 4. The average Bonchev–Trinajstić information content (AvgIpc) is 3.39. The summed E-state index contributed by atoms with van der Waals surface area (Å²) in [7, 11) is 0. The molecule has 2 aromatic heterocycles. The van der Waals surface area contributed by atoms with Crippen molar-refractivity contribution >= 4 is 11.6 Å². The number of furan rings is 1. The van der Waals surface area contributed by atoms with Crippen molar-refractivity contribution in [2.24, 2.45) is 0 Å². The quantitative estimate of drug-likeness (QED) is 0.541. The summed E-state index contributed by atoms with van der Waals surface area (Å²) in [6.07, 6.45) is 3.08. The molecule has 0 saturated carbocycles. The van der Waals surface area contributed by atoms with Gasteiger partial charge in [-0.15, -0.1) is 5.10 Å². The van der Waals surface area contributed by atoms with Gasteiger partial charge in [-0.25, -0.2) is 0 Å². The number of carbonyl (C=O) groups excluding carboxylic acids is 1. The lowest BCUT2D eigenvalue weighted by Crippen LogP contribution is -2.30. The molecule has 0 atom stereocenters. The van der Waals surface area contributed by atoms with Gasteiger partial charge in [0.15, 0.2) is 5.69 Å². The number of nitrogens with zero attached hydrogens (tertiary/aromatic N) is 4. The first-order valence-electron chi connectivity index (χ1n) is 8.59. The minimum absolute atomic E-state index is 0.238. The fourth-order valence-corrected chi connectivity index (χ4v) is 2.75. The Morgan fingerprint density at radius 2 is 1.81 bits per heavy atom. The van der Waals surface area contributed by atoms with Crippen molar-refractivity contribution in [2.45, 2.75) is 13.5 Å². The van der Waals surface area contributed by atoms with Gasteiger partial charge >= 0.3 is 0 Å². The molecule has 4 rings (SSSR count). The molecule has 1 amide bonds. The molecule has 0 unspecified atom stereocenters. The minimum Gasteiger partial charge on any atom is -0.467 e. The van der Waals surface area contributed by atoms with E-state index in [9.17, 15) is 4.79 Å². The molecule has 0 spiro atoms. The Morgan fingerprint density at radius 1 is 1.04 bits per heavy atom. The summed E-state index contributed by atoms with van der Waals surface area (Å²) < 4.78 is 5.43. The normalized spacial score (nSPS) is 10.7. The van der Waals surface area contributed by atoms with Crippen molar-refractivity contribution < 1.29 is 9.21 Å². The van der Waals surface area contributed by atoms with Crippen molar-refractivity contribution in [3.63, 3.8) is 0 Å². The van der Waals surface area contributed by atoms with E-state index in [0.717, 1.165) is 16.9 Å². The molecular weight excluding hydrogens is 340 g/mol. The molecule has 0 bridgehead atoms. The van der Waals surface area contributed by atoms with Crippen LogP contribution in [-0.2, 0) is 6.54 Å². The van der Waals surface area contributed by atoms with Crippen molar-refractivity contribution in [1.82, 2.24) is 15.0 Å². The lowest BCUT2D eigenvalue weighted by molar-refractivity contribution is 0.0978. The Bertz CT molecular complexity index is 1020. The first-order valence-corrected chi connectivity index (χ1v) is 8.59. The van der Waals surface area contributed by atoms with Gasteiger partial charge in [0, 0.05) is 5.69 Å². The van der Waals surface area contributed by atoms with E-state index in [0.29, 0.717) is 12.3 Å². The summed E-state index contributed by atoms with van der Waals surface area (Å²) in [6, 6.07) is 20.9. The fourth-order valence-electron chi connectivity index (χ4n) is 2.75. The molecule has 2 aromatic carbocycles. The Kier molecular flexibility index (Phi) is 4.53. The highest BCUT2D eigenvalue weighted by Gasteiger charge is 2.22. The molecule has 4 aromatic rings. The van der Waals surface area contributed by atoms with Crippen LogP contribution in [0, 0.1) is 6.92 Å². The molecule has 0 radical (unpaired) electrons. The van der Waals surface area contributed by atoms with Gasteiger partial charge in [-0.3, -0.25) is 9.69 Å². The molecule has 0 N–H and O–H groups in total. The maximum Gasteiger partial charge on any atom is 0.280 e. The van der Waals surface area contributed by atoms with Crippen LogP contribution in [0.4, 0.5) is 5.69 Å². The average molecular weight is 358 g/mol. The molecule has 0 aliphatic rings. The molecule has 6 heteroatoms. The molecule has 0 aliphatic heterocycles. The molecule has 2 heterocycles. The van der Waals surface area contributed by atoms with E-state index < -0.39 is 0 Å². The highest BCUT2D eigenvalue weighted by Crippen LogP contribution is 2.21. The van der Waals surface area contributed by atoms with Crippen LogP contribution in [-0.4, -0.2) is 20.9 Å². The van der Waals surface area contributed by atoms with Crippen LogP contribution < -0.4 is 4.90 Å². The number of carbonyl (C=O) groups is 1. The first-order chi connectivity index (χ1) is 13.2. The van der Waals surface area contributed by atoms with Crippen LogP contribution in [0.2, 0.25) is 0 Å². The van der Waals surface area contributed by atoms with E-state index in [-0.39, 0.29) is 11.6 Å². The Morgan fingerprint density at radius 3 is 2.52 bits per heavy atom. The summed E-state index contributed by atoms with van der Waals surface area (Å²) >= 11 is 0. The van der Waals surface area contributed by atoms with Crippen molar-refractivity contribution in [3.05, 3.63) is 96.2 Å². The van der Waals surface area contributed by atoms with Gasteiger partial charge in [-0.05, 0) is 43.3 Å². The molecule has 27 heavy (non-hydrogen) atoms. The second-order valence-corrected chi connectivity index (χ2v) is 6.16. The van der Waals surface area contributed by atoms with Gasteiger partial charge in [0.25, 0.3) is 5.91 Å². The zero-order chi connectivity index (χ0) is 18.6. The molecule has 6 nitrogen and oxygen atoms in total. The van der Waals surface area contributed by atoms with E-state index >= 15 is 0 Å². The van der Waals surface area contributed by atoms with Crippen LogP contribution in [0.15, 0.2) is 83.6 Å². The molecule has 0 aliphatic carbocycles. The monoisotopic (exact) mass is 358 g/mol. The van der Waals surface area contributed by atoms with Gasteiger partial charge in [0.1, 0.15) is 5.76 Å². The van der Waals surface area contributed by atoms with Crippen molar-refractivity contribution in [2.75, 3.05) is 4.90 Å². The van der Waals surface area contributed by atoms with Crippen LogP contribution in [0.5, 0.6) is 0 Å². The maximum atomic E-state index is 13.2. The first kappa shape index (κ1) is 16.8. The Labute approximate surface area is 156 Å². The molecule has 0 saturated heterocycles. The van der Waals surface area contributed by atoms with E-state index in [1.54, 1.807) is 17.2 Å². The summed E-state index contributed by atoms with van der Waals surface area (Å²) in [5.41, 5.74) is 2.96. The highest BCUT2D eigenvalue weighted by molar-refractivity contribution is 6.04. The number of rotatable bonds is 5. The van der Waals surface area contributed by atoms with Crippen LogP contribution in [0.3, 0.4) is 0 Å². The van der Waals surface area contributed by atoms with Crippen LogP contribution in [0.25, 0.3) is 5.69 Å². The predicted molar refractivity (Wildman–Crippen MR) is 102 cm³/mol. The van der Waals surface area contributed by atoms with Crippen LogP contribution in [0.1, 0.15) is 21.8 Å². The molecular formula is C21H18N4O2. The summed E-state index contributed by atoms with van der Waals surface area (Å²) in [5.74, 6) is 0.455. The zero-order valence-electron chi connectivity index (χ0n) is 14.8. The van der Waals surface area contributed by atoms with E-state index in [1.807, 2.05) is 67.6 Å². The fraction of sp³-hybridized carbons (Fsp3) is 0.0952.